The molecule has 2 aliphatic rings. The van der Waals surface area contributed by atoms with E-state index in [9.17, 15) is 9.59 Å². The van der Waals surface area contributed by atoms with Crippen LogP contribution in [0.15, 0.2) is 29.4 Å². The number of thioether (sulfide) groups is 1. The number of cyclic esters (lactones) is 1. The summed E-state index contributed by atoms with van der Waals surface area (Å²) >= 11 is 7.69. The summed E-state index contributed by atoms with van der Waals surface area (Å²) in [5.74, 6) is -0.0799. The first kappa shape index (κ1) is 20.0. The molecular formula is C20H16ClN5O4S. The number of nitrogens with zero attached hydrogens (tertiary/aromatic N) is 4. The minimum absolute atomic E-state index is 0.0143. The summed E-state index contributed by atoms with van der Waals surface area (Å²) < 4.78 is 10.4. The molecule has 3 aromatic rings. The van der Waals surface area contributed by atoms with E-state index in [1.54, 1.807) is 0 Å². The van der Waals surface area contributed by atoms with Gasteiger partial charge in [0.2, 0.25) is 11.9 Å². The Bertz CT molecular complexity index is 1240. The molecule has 2 amide bonds. The minimum atomic E-state index is -0.638. The summed E-state index contributed by atoms with van der Waals surface area (Å²) in [5.41, 5.74) is 8.65. The van der Waals surface area contributed by atoms with E-state index in [0.717, 1.165) is 38.6 Å². The highest BCUT2D eigenvalue weighted by molar-refractivity contribution is 7.99. The number of hydrogen-bond donors (Lipinski definition) is 1. The van der Waals surface area contributed by atoms with Crippen molar-refractivity contribution in [1.29, 1.82) is 0 Å². The number of halogens is 1. The summed E-state index contributed by atoms with van der Waals surface area (Å²) in [7, 11) is 0. The number of carbonyl (C=O) groups excluding carboxylic acids is 2. The summed E-state index contributed by atoms with van der Waals surface area (Å²) in [6.07, 6.45) is -0.638. The Balaban J connectivity index is 1.51. The number of rotatable bonds is 4. The predicted molar refractivity (Wildman–Crippen MR) is 114 cm³/mol. The fraction of sp³-hybridized carbons (Fsp3) is 0.250. The van der Waals surface area contributed by atoms with Crippen molar-refractivity contribution >= 4 is 52.1 Å². The van der Waals surface area contributed by atoms with E-state index in [-0.39, 0.29) is 35.9 Å². The van der Waals surface area contributed by atoms with Crippen LogP contribution in [-0.4, -0.2) is 50.8 Å². The molecule has 5 rings (SSSR count). The van der Waals surface area contributed by atoms with Crippen LogP contribution in [0.1, 0.15) is 11.1 Å². The van der Waals surface area contributed by atoms with Gasteiger partial charge in [-0.25, -0.2) is 14.7 Å². The van der Waals surface area contributed by atoms with Gasteiger partial charge in [0.05, 0.1) is 30.5 Å². The van der Waals surface area contributed by atoms with Gasteiger partial charge < -0.3 is 15.2 Å². The van der Waals surface area contributed by atoms with Gasteiger partial charge in [-0.2, -0.15) is 9.97 Å². The van der Waals surface area contributed by atoms with Crippen molar-refractivity contribution in [1.82, 2.24) is 19.9 Å². The van der Waals surface area contributed by atoms with Crippen molar-refractivity contribution in [3.05, 3.63) is 40.4 Å². The zero-order chi connectivity index (χ0) is 21.5. The molecule has 0 bridgehead atoms. The standard InChI is InChI=1S/C20H16ClN5O4S/c21-13-6-11-8-29-7-10-2-1-3-12(15(10)11)16(13)17-23-18(22)25-19(24-17)31-9-14(27)26-4-5-30-20(26)28/h1-3,6H,4-5,7-9H2,(H2,22,23,24,25). The van der Waals surface area contributed by atoms with Gasteiger partial charge in [0, 0.05) is 5.56 Å². The van der Waals surface area contributed by atoms with Gasteiger partial charge in [-0.05, 0) is 28.0 Å². The van der Waals surface area contributed by atoms with Crippen LogP contribution in [0.4, 0.5) is 10.7 Å². The van der Waals surface area contributed by atoms with Gasteiger partial charge >= 0.3 is 6.09 Å². The van der Waals surface area contributed by atoms with Crippen molar-refractivity contribution in [2.75, 3.05) is 24.6 Å². The van der Waals surface area contributed by atoms with E-state index in [1.165, 1.54) is 0 Å². The lowest BCUT2D eigenvalue weighted by atomic mass is 9.94. The maximum absolute atomic E-state index is 12.3. The number of ether oxygens (including phenoxy) is 2. The third-order valence-electron chi connectivity index (χ3n) is 5.04. The van der Waals surface area contributed by atoms with Crippen molar-refractivity contribution in [2.45, 2.75) is 18.4 Å². The Morgan fingerprint density at radius 3 is 2.87 bits per heavy atom. The van der Waals surface area contributed by atoms with E-state index in [4.69, 9.17) is 26.8 Å². The first-order valence-corrected chi connectivity index (χ1v) is 10.8. The molecule has 2 aromatic carbocycles. The van der Waals surface area contributed by atoms with E-state index in [0.29, 0.717) is 29.6 Å². The Kier molecular flexibility index (Phi) is 5.12. The predicted octanol–water partition coefficient (Wildman–Crippen LogP) is 3.03. The van der Waals surface area contributed by atoms with Gasteiger partial charge in [0.25, 0.3) is 0 Å². The van der Waals surface area contributed by atoms with Gasteiger partial charge in [0.15, 0.2) is 11.0 Å². The lowest BCUT2D eigenvalue weighted by molar-refractivity contribution is -0.125. The molecule has 0 atom stereocenters. The zero-order valence-electron chi connectivity index (χ0n) is 16.1. The molecule has 1 aromatic heterocycles. The molecule has 9 nitrogen and oxygen atoms in total. The molecule has 0 spiro atoms. The second-order valence-corrected chi connectivity index (χ2v) is 8.32. The maximum atomic E-state index is 12.3. The largest absolute Gasteiger partial charge is 0.447 e. The number of benzene rings is 2. The molecule has 0 radical (unpaired) electrons. The number of nitrogen functional groups attached to an aromatic ring is 1. The molecule has 0 saturated carbocycles. The molecule has 2 aliphatic heterocycles. The van der Waals surface area contributed by atoms with Crippen LogP contribution in [0.25, 0.3) is 22.2 Å². The van der Waals surface area contributed by atoms with Crippen LogP contribution in [0, 0.1) is 0 Å². The highest BCUT2D eigenvalue weighted by Gasteiger charge is 2.28. The minimum Gasteiger partial charge on any atom is -0.447 e. The molecule has 11 heteroatoms. The normalized spacial score (nSPS) is 15.4. The molecule has 1 saturated heterocycles. The summed E-state index contributed by atoms with van der Waals surface area (Å²) in [4.78, 5) is 37.8. The monoisotopic (exact) mass is 457 g/mol. The Labute approximate surface area is 185 Å². The van der Waals surface area contributed by atoms with Crippen LogP contribution >= 0.6 is 23.4 Å². The highest BCUT2D eigenvalue weighted by atomic mass is 35.5. The molecule has 1 fully saturated rings. The number of amides is 2. The fourth-order valence-corrected chi connectivity index (χ4v) is 4.75. The van der Waals surface area contributed by atoms with Gasteiger partial charge in [-0.1, -0.05) is 41.6 Å². The van der Waals surface area contributed by atoms with Crippen molar-refractivity contribution < 1.29 is 19.1 Å². The van der Waals surface area contributed by atoms with E-state index >= 15 is 0 Å². The van der Waals surface area contributed by atoms with Crippen LogP contribution in [0.5, 0.6) is 0 Å². The highest BCUT2D eigenvalue weighted by Crippen LogP contribution is 2.39. The van der Waals surface area contributed by atoms with Crippen LogP contribution < -0.4 is 5.73 Å². The number of nitrogens with two attached hydrogens (primary N) is 1. The van der Waals surface area contributed by atoms with E-state index < -0.39 is 6.09 Å². The summed E-state index contributed by atoms with van der Waals surface area (Å²) in [6.45, 7) is 1.44. The average molecular weight is 458 g/mol. The Morgan fingerprint density at radius 2 is 2.06 bits per heavy atom. The summed E-state index contributed by atoms with van der Waals surface area (Å²) in [5, 5.41) is 2.72. The molecule has 2 N–H and O–H groups in total. The van der Waals surface area contributed by atoms with E-state index in [1.807, 2.05) is 24.3 Å². The first-order valence-electron chi connectivity index (χ1n) is 9.44. The molecule has 0 aliphatic carbocycles. The smallest absolute Gasteiger partial charge is 0.416 e. The lowest BCUT2D eigenvalue weighted by Gasteiger charge is -2.20. The average Bonchev–Trinajstić information content (AvgIpc) is 3.18. The molecule has 0 unspecified atom stereocenters. The molecule has 31 heavy (non-hydrogen) atoms. The number of hydrogen-bond acceptors (Lipinski definition) is 9. The van der Waals surface area contributed by atoms with Gasteiger partial charge in [-0.15, -0.1) is 0 Å². The molecule has 3 heterocycles. The van der Waals surface area contributed by atoms with Gasteiger partial charge in [0.1, 0.15) is 6.61 Å². The second-order valence-electron chi connectivity index (χ2n) is 6.97. The van der Waals surface area contributed by atoms with Gasteiger partial charge in [-0.3, -0.25) is 4.79 Å². The zero-order valence-corrected chi connectivity index (χ0v) is 17.7. The number of imide groups is 1. The van der Waals surface area contributed by atoms with Crippen LogP contribution in [0.3, 0.4) is 0 Å². The summed E-state index contributed by atoms with van der Waals surface area (Å²) in [6, 6.07) is 7.77. The maximum Gasteiger partial charge on any atom is 0.416 e. The third kappa shape index (κ3) is 3.67. The Morgan fingerprint density at radius 1 is 1.23 bits per heavy atom. The van der Waals surface area contributed by atoms with Crippen molar-refractivity contribution in [3.63, 3.8) is 0 Å². The topological polar surface area (TPSA) is 121 Å². The Hall–Kier alpha value is -2.95. The quantitative estimate of drug-likeness (QED) is 0.589. The number of carbonyl (C=O) groups is 2. The van der Waals surface area contributed by atoms with Crippen LogP contribution in [-0.2, 0) is 27.5 Å². The third-order valence-corrected chi connectivity index (χ3v) is 6.17. The fourth-order valence-electron chi connectivity index (χ4n) is 3.72. The van der Waals surface area contributed by atoms with E-state index in [2.05, 4.69) is 15.0 Å². The second kappa shape index (κ2) is 7.95. The number of aromatic nitrogens is 3. The SMILES string of the molecule is Nc1nc(SCC(=O)N2CCOC2=O)nc(-c2c(Cl)cc3c4c(cccc24)COC3)n1. The van der Waals surface area contributed by atoms with Crippen molar-refractivity contribution in [3.8, 4) is 11.4 Å². The molecule has 158 valence electrons. The van der Waals surface area contributed by atoms with Crippen LogP contribution in [0.2, 0.25) is 5.02 Å². The lowest BCUT2D eigenvalue weighted by Crippen LogP contribution is -2.33. The first-order chi connectivity index (χ1) is 15.0. The number of anilines is 1. The molecular weight excluding hydrogens is 442 g/mol. The van der Waals surface area contributed by atoms with Crippen molar-refractivity contribution in [2.24, 2.45) is 0 Å².